The molecule has 0 aliphatic carbocycles. The summed E-state index contributed by atoms with van der Waals surface area (Å²) in [7, 11) is 1.23. The molecular formula is C12H14FNO3. The smallest absolute Gasteiger partial charge is 0.337 e. The van der Waals surface area contributed by atoms with E-state index in [1.165, 1.54) is 26.2 Å². The monoisotopic (exact) mass is 239 g/mol. The van der Waals surface area contributed by atoms with Gasteiger partial charge in [0.05, 0.1) is 18.7 Å². The number of carbonyl (C=O) groups is 2. The summed E-state index contributed by atoms with van der Waals surface area (Å²) in [6.07, 6.45) is 0. The predicted octanol–water partition coefficient (Wildman–Crippen LogP) is 1.81. The van der Waals surface area contributed by atoms with Crippen molar-refractivity contribution in [2.24, 2.45) is 0 Å². The molecule has 0 unspecified atom stereocenters. The molecule has 1 N–H and O–H groups in total. The third-order valence-corrected chi connectivity index (χ3v) is 2.31. The van der Waals surface area contributed by atoms with Crippen molar-refractivity contribution in [1.82, 2.24) is 5.32 Å². The van der Waals surface area contributed by atoms with E-state index in [0.717, 1.165) is 6.07 Å². The molecule has 0 heterocycles. The quantitative estimate of drug-likeness (QED) is 0.818. The lowest BCUT2D eigenvalue weighted by atomic mass is 10.1. The highest BCUT2D eigenvalue weighted by atomic mass is 19.1. The first-order valence-corrected chi connectivity index (χ1v) is 5.10. The van der Waals surface area contributed by atoms with Gasteiger partial charge in [0.2, 0.25) is 5.91 Å². The topological polar surface area (TPSA) is 55.4 Å². The number of amides is 1. The molecule has 0 spiro atoms. The minimum Gasteiger partial charge on any atom is -0.465 e. The number of hydrogen-bond acceptors (Lipinski definition) is 3. The summed E-state index contributed by atoms with van der Waals surface area (Å²) in [4.78, 5) is 22.0. The van der Waals surface area contributed by atoms with Gasteiger partial charge in [-0.1, -0.05) is 6.07 Å². The summed E-state index contributed by atoms with van der Waals surface area (Å²) in [5, 5.41) is 2.57. The average Bonchev–Trinajstić information content (AvgIpc) is 2.26. The van der Waals surface area contributed by atoms with Crippen LogP contribution >= 0.6 is 0 Å². The van der Waals surface area contributed by atoms with Gasteiger partial charge in [0.15, 0.2) is 0 Å². The van der Waals surface area contributed by atoms with E-state index in [-0.39, 0.29) is 11.5 Å². The molecule has 5 heteroatoms. The van der Waals surface area contributed by atoms with Gasteiger partial charge in [-0.3, -0.25) is 4.79 Å². The van der Waals surface area contributed by atoms with Crippen LogP contribution in [-0.4, -0.2) is 19.0 Å². The number of halogens is 1. The predicted molar refractivity (Wildman–Crippen MR) is 60.0 cm³/mol. The summed E-state index contributed by atoms with van der Waals surface area (Å²) in [6, 6.07) is 3.57. The van der Waals surface area contributed by atoms with Crippen LogP contribution in [0.2, 0.25) is 0 Å². The third-order valence-electron chi connectivity index (χ3n) is 2.31. The fourth-order valence-corrected chi connectivity index (χ4v) is 1.51. The fraction of sp³-hybridized carbons (Fsp3) is 0.333. The molecule has 1 rings (SSSR count). The zero-order valence-corrected chi connectivity index (χ0v) is 9.91. The molecule has 0 saturated heterocycles. The van der Waals surface area contributed by atoms with Crippen LogP contribution in [0.3, 0.4) is 0 Å². The van der Waals surface area contributed by atoms with E-state index in [9.17, 15) is 14.0 Å². The molecule has 0 aromatic heterocycles. The lowest BCUT2D eigenvalue weighted by Gasteiger charge is -2.14. The van der Waals surface area contributed by atoms with Gasteiger partial charge in [-0.05, 0) is 19.1 Å². The highest BCUT2D eigenvalue weighted by Crippen LogP contribution is 2.18. The molecule has 4 nitrogen and oxygen atoms in total. The number of rotatable bonds is 3. The van der Waals surface area contributed by atoms with Crippen molar-refractivity contribution in [3.8, 4) is 0 Å². The summed E-state index contributed by atoms with van der Waals surface area (Å²) < 4.78 is 18.2. The van der Waals surface area contributed by atoms with Crippen LogP contribution in [0.25, 0.3) is 0 Å². The van der Waals surface area contributed by atoms with Gasteiger partial charge in [0, 0.05) is 12.5 Å². The van der Waals surface area contributed by atoms with Gasteiger partial charge in [0.25, 0.3) is 0 Å². The van der Waals surface area contributed by atoms with Gasteiger partial charge < -0.3 is 10.1 Å². The zero-order valence-electron chi connectivity index (χ0n) is 9.91. The number of hydrogen-bond donors (Lipinski definition) is 1. The first-order valence-electron chi connectivity index (χ1n) is 5.10. The van der Waals surface area contributed by atoms with E-state index in [1.807, 2.05) is 0 Å². The van der Waals surface area contributed by atoms with Crippen LogP contribution in [0.1, 0.15) is 35.8 Å². The third kappa shape index (κ3) is 3.27. The average molecular weight is 239 g/mol. The number of benzene rings is 1. The Hall–Kier alpha value is -1.91. The molecular weight excluding hydrogens is 225 g/mol. The first-order chi connectivity index (χ1) is 7.95. The van der Waals surface area contributed by atoms with Crippen LogP contribution in [0, 0.1) is 5.82 Å². The molecule has 0 aliphatic heterocycles. The van der Waals surface area contributed by atoms with E-state index in [1.54, 1.807) is 6.92 Å². The maximum absolute atomic E-state index is 13.7. The van der Waals surface area contributed by atoms with Crippen LogP contribution < -0.4 is 5.32 Å². The fourth-order valence-electron chi connectivity index (χ4n) is 1.51. The van der Waals surface area contributed by atoms with Crippen molar-refractivity contribution in [3.05, 3.63) is 35.1 Å². The molecule has 0 fully saturated rings. The Labute approximate surface area is 98.8 Å². The first kappa shape index (κ1) is 13.2. The Balaban J connectivity index is 2.97. The molecule has 0 radical (unpaired) electrons. The van der Waals surface area contributed by atoms with Crippen LogP contribution in [0.15, 0.2) is 18.2 Å². The minimum atomic E-state index is -0.595. The van der Waals surface area contributed by atoms with Crippen LogP contribution in [0.4, 0.5) is 4.39 Å². The normalized spacial score (nSPS) is 11.8. The SMILES string of the molecule is COC(=O)c1ccc([C@@H](C)NC(C)=O)c(F)c1. The van der Waals surface area contributed by atoms with E-state index < -0.39 is 17.8 Å². The van der Waals surface area contributed by atoms with Crippen molar-refractivity contribution < 1.29 is 18.7 Å². The minimum absolute atomic E-state index is 0.142. The maximum atomic E-state index is 13.7. The molecule has 17 heavy (non-hydrogen) atoms. The van der Waals surface area contributed by atoms with Crippen molar-refractivity contribution in [2.45, 2.75) is 19.9 Å². The Morgan fingerprint density at radius 3 is 2.53 bits per heavy atom. The Kier molecular flexibility index (Phi) is 4.20. The summed E-state index contributed by atoms with van der Waals surface area (Å²) in [5.41, 5.74) is 0.469. The van der Waals surface area contributed by atoms with Crippen molar-refractivity contribution in [2.75, 3.05) is 7.11 Å². The largest absolute Gasteiger partial charge is 0.465 e. The molecule has 1 aromatic carbocycles. The van der Waals surface area contributed by atoms with E-state index >= 15 is 0 Å². The summed E-state index contributed by atoms with van der Waals surface area (Å²) >= 11 is 0. The summed E-state index contributed by atoms with van der Waals surface area (Å²) in [5.74, 6) is -1.38. The van der Waals surface area contributed by atoms with E-state index in [2.05, 4.69) is 10.1 Å². The Bertz CT molecular complexity index is 445. The van der Waals surface area contributed by atoms with Gasteiger partial charge in [-0.2, -0.15) is 0 Å². The molecule has 0 bridgehead atoms. The number of carbonyl (C=O) groups excluding carboxylic acids is 2. The van der Waals surface area contributed by atoms with Crippen molar-refractivity contribution >= 4 is 11.9 Å². The second-order valence-corrected chi connectivity index (χ2v) is 3.65. The van der Waals surface area contributed by atoms with Gasteiger partial charge in [-0.15, -0.1) is 0 Å². The second-order valence-electron chi connectivity index (χ2n) is 3.65. The highest BCUT2D eigenvalue weighted by Gasteiger charge is 2.14. The molecule has 0 saturated carbocycles. The van der Waals surface area contributed by atoms with Gasteiger partial charge in [0.1, 0.15) is 5.82 Å². The number of nitrogens with one attached hydrogen (secondary N) is 1. The number of ether oxygens (including phenoxy) is 1. The van der Waals surface area contributed by atoms with Crippen molar-refractivity contribution in [1.29, 1.82) is 0 Å². The molecule has 92 valence electrons. The van der Waals surface area contributed by atoms with E-state index in [0.29, 0.717) is 5.56 Å². The maximum Gasteiger partial charge on any atom is 0.337 e. The molecule has 1 amide bonds. The highest BCUT2D eigenvalue weighted by molar-refractivity contribution is 5.89. The second kappa shape index (κ2) is 5.43. The number of esters is 1. The molecule has 1 atom stereocenters. The summed E-state index contributed by atoms with van der Waals surface area (Å²) in [6.45, 7) is 3.02. The zero-order chi connectivity index (χ0) is 13.0. The standard InChI is InChI=1S/C12H14FNO3/c1-7(14-8(2)15)10-5-4-9(6-11(10)13)12(16)17-3/h4-7H,1-3H3,(H,14,15)/t7-/m1/s1. The Morgan fingerprint density at radius 1 is 1.41 bits per heavy atom. The van der Waals surface area contributed by atoms with Gasteiger partial charge >= 0.3 is 5.97 Å². The lowest BCUT2D eigenvalue weighted by Crippen LogP contribution is -2.24. The van der Waals surface area contributed by atoms with Gasteiger partial charge in [-0.25, -0.2) is 9.18 Å². The van der Waals surface area contributed by atoms with Crippen LogP contribution in [-0.2, 0) is 9.53 Å². The lowest BCUT2D eigenvalue weighted by molar-refractivity contribution is -0.119. The number of methoxy groups -OCH3 is 1. The van der Waals surface area contributed by atoms with Crippen LogP contribution in [0.5, 0.6) is 0 Å². The van der Waals surface area contributed by atoms with E-state index in [4.69, 9.17) is 0 Å². The van der Waals surface area contributed by atoms with Crippen molar-refractivity contribution in [3.63, 3.8) is 0 Å². The molecule has 0 aliphatic rings. The molecule has 1 aromatic rings. The Morgan fingerprint density at radius 2 is 2.06 bits per heavy atom.